The molecule has 0 saturated carbocycles. The normalized spacial score (nSPS) is 22.0. The van der Waals surface area contributed by atoms with Crippen LogP contribution in [0, 0.1) is 5.92 Å². The Kier molecular flexibility index (Phi) is 6.35. The molecule has 1 aromatic heterocycles. The molecule has 0 N–H and O–H groups in total. The molecule has 3 heterocycles. The number of aromatic nitrogens is 1. The van der Waals surface area contributed by atoms with E-state index in [9.17, 15) is 4.79 Å². The molecule has 0 spiro atoms. The zero-order valence-corrected chi connectivity index (χ0v) is 19.4. The average molecular weight is 414 g/mol. The number of hydrogen-bond acceptors (Lipinski definition) is 5. The molecule has 0 atom stereocenters. The standard InChI is InChI=1S/C23H35BN2O4/c1-21(2,3)28-20(27)26-14-12-17(13-15-26)8-10-19-11-9-18(16-25-19)24-29-22(4,5)23(6,7)30-24/h8-11,16-17H,12-15H2,1-7H3. The van der Waals surface area contributed by atoms with Gasteiger partial charge < -0.3 is 18.9 Å². The lowest BCUT2D eigenvalue weighted by Crippen LogP contribution is -2.41. The number of piperidine rings is 1. The number of pyridine rings is 1. The zero-order valence-electron chi connectivity index (χ0n) is 19.4. The minimum Gasteiger partial charge on any atom is -0.444 e. The van der Waals surface area contributed by atoms with E-state index >= 15 is 0 Å². The lowest BCUT2D eigenvalue weighted by molar-refractivity contribution is 0.00578. The topological polar surface area (TPSA) is 60.9 Å². The van der Waals surface area contributed by atoms with Gasteiger partial charge in [-0.05, 0) is 79.4 Å². The Bertz CT molecular complexity index is 759. The van der Waals surface area contributed by atoms with Crippen LogP contribution < -0.4 is 5.46 Å². The van der Waals surface area contributed by atoms with E-state index in [2.05, 4.69) is 17.1 Å². The van der Waals surface area contributed by atoms with Gasteiger partial charge in [-0.2, -0.15) is 0 Å². The van der Waals surface area contributed by atoms with Gasteiger partial charge in [0.15, 0.2) is 0 Å². The summed E-state index contributed by atoms with van der Waals surface area (Å²) < 4.78 is 17.6. The van der Waals surface area contributed by atoms with Crippen molar-refractivity contribution in [3.63, 3.8) is 0 Å². The van der Waals surface area contributed by atoms with Crippen LogP contribution in [0.3, 0.4) is 0 Å². The van der Waals surface area contributed by atoms with E-state index in [1.54, 1.807) is 4.90 Å². The molecular formula is C23H35BN2O4. The highest BCUT2D eigenvalue weighted by atomic mass is 16.7. The van der Waals surface area contributed by atoms with Crippen molar-refractivity contribution < 1.29 is 18.8 Å². The summed E-state index contributed by atoms with van der Waals surface area (Å²) in [6, 6.07) is 4.01. The largest absolute Gasteiger partial charge is 0.496 e. The maximum Gasteiger partial charge on any atom is 0.496 e. The maximum absolute atomic E-state index is 12.2. The predicted molar refractivity (Wildman–Crippen MR) is 120 cm³/mol. The molecule has 0 aliphatic carbocycles. The molecule has 6 nitrogen and oxygen atoms in total. The molecule has 1 aromatic rings. The fraction of sp³-hybridized carbons (Fsp3) is 0.652. The second-order valence-electron chi connectivity index (χ2n) is 10.3. The third kappa shape index (κ3) is 5.44. The molecule has 2 saturated heterocycles. The first-order valence-corrected chi connectivity index (χ1v) is 10.8. The fourth-order valence-corrected chi connectivity index (χ4v) is 3.47. The van der Waals surface area contributed by atoms with E-state index in [-0.39, 0.29) is 17.3 Å². The Morgan fingerprint density at radius 2 is 1.77 bits per heavy atom. The number of rotatable bonds is 3. The van der Waals surface area contributed by atoms with Gasteiger partial charge in [-0.1, -0.05) is 12.1 Å². The average Bonchev–Trinajstić information content (AvgIpc) is 2.87. The number of ether oxygens (including phenoxy) is 1. The Balaban J connectivity index is 1.51. The van der Waals surface area contributed by atoms with Gasteiger partial charge in [-0.3, -0.25) is 4.98 Å². The van der Waals surface area contributed by atoms with Crippen LogP contribution in [0.25, 0.3) is 6.08 Å². The van der Waals surface area contributed by atoms with Gasteiger partial charge in [0.2, 0.25) is 0 Å². The molecule has 0 unspecified atom stereocenters. The molecule has 2 aliphatic heterocycles. The SMILES string of the molecule is CC(C)(C)OC(=O)N1CCC(C=Cc2ccc(B3OC(C)(C)C(C)(C)O3)cn2)CC1. The molecule has 164 valence electrons. The third-order valence-electron chi connectivity index (χ3n) is 6.07. The minimum absolute atomic E-state index is 0.218. The monoisotopic (exact) mass is 414 g/mol. The highest BCUT2D eigenvalue weighted by Gasteiger charge is 2.51. The number of carbonyl (C=O) groups is 1. The summed E-state index contributed by atoms with van der Waals surface area (Å²) in [6.07, 6.45) is 7.73. The summed E-state index contributed by atoms with van der Waals surface area (Å²) in [5, 5.41) is 0. The second-order valence-corrected chi connectivity index (χ2v) is 10.3. The smallest absolute Gasteiger partial charge is 0.444 e. The second kappa shape index (κ2) is 8.35. The summed E-state index contributed by atoms with van der Waals surface area (Å²) in [5.41, 5.74) is 0.668. The van der Waals surface area contributed by atoms with Gasteiger partial charge in [-0.25, -0.2) is 4.79 Å². The van der Waals surface area contributed by atoms with Gasteiger partial charge >= 0.3 is 13.2 Å². The van der Waals surface area contributed by atoms with Crippen molar-refractivity contribution in [2.75, 3.05) is 13.1 Å². The summed E-state index contributed by atoms with van der Waals surface area (Å²) >= 11 is 0. The quantitative estimate of drug-likeness (QED) is 0.699. The number of carbonyl (C=O) groups excluding carboxylic acids is 1. The van der Waals surface area contributed by atoms with E-state index in [1.807, 2.05) is 66.8 Å². The predicted octanol–water partition coefficient (Wildman–Crippen LogP) is 4.04. The van der Waals surface area contributed by atoms with Crippen molar-refractivity contribution in [2.24, 2.45) is 5.92 Å². The zero-order chi connectivity index (χ0) is 22.2. The maximum atomic E-state index is 12.2. The Hall–Kier alpha value is -1.86. The molecular weight excluding hydrogens is 379 g/mol. The third-order valence-corrected chi connectivity index (χ3v) is 6.07. The van der Waals surface area contributed by atoms with E-state index in [1.165, 1.54) is 0 Å². The fourth-order valence-electron chi connectivity index (χ4n) is 3.47. The molecule has 7 heteroatoms. The molecule has 0 radical (unpaired) electrons. The van der Waals surface area contributed by atoms with Crippen molar-refractivity contribution in [1.29, 1.82) is 0 Å². The molecule has 30 heavy (non-hydrogen) atoms. The van der Waals surface area contributed by atoms with E-state index in [0.717, 1.165) is 37.1 Å². The van der Waals surface area contributed by atoms with Crippen LogP contribution in [0.15, 0.2) is 24.4 Å². The summed E-state index contributed by atoms with van der Waals surface area (Å²) in [5.74, 6) is 0.438. The van der Waals surface area contributed by atoms with E-state index < -0.39 is 12.7 Å². The summed E-state index contributed by atoms with van der Waals surface area (Å²) in [6.45, 7) is 15.3. The van der Waals surface area contributed by atoms with Crippen LogP contribution in [0.2, 0.25) is 0 Å². The van der Waals surface area contributed by atoms with Crippen molar-refractivity contribution in [1.82, 2.24) is 9.88 Å². The van der Waals surface area contributed by atoms with Crippen molar-refractivity contribution in [2.45, 2.75) is 78.1 Å². The number of amides is 1. The molecule has 3 rings (SSSR count). The van der Waals surface area contributed by atoms with Crippen molar-refractivity contribution in [3.8, 4) is 0 Å². The highest BCUT2D eigenvalue weighted by Crippen LogP contribution is 2.36. The molecule has 0 aromatic carbocycles. The highest BCUT2D eigenvalue weighted by molar-refractivity contribution is 6.62. The van der Waals surface area contributed by atoms with Gasteiger partial charge in [0.25, 0.3) is 0 Å². The molecule has 1 amide bonds. The first-order chi connectivity index (χ1) is 13.9. The Labute approximate surface area is 181 Å². The Morgan fingerprint density at radius 1 is 1.17 bits per heavy atom. The van der Waals surface area contributed by atoms with Crippen LogP contribution >= 0.6 is 0 Å². The molecule has 2 fully saturated rings. The number of hydrogen-bond donors (Lipinski definition) is 0. The minimum atomic E-state index is -0.453. The lowest BCUT2D eigenvalue weighted by Gasteiger charge is -2.32. The van der Waals surface area contributed by atoms with Gasteiger partial charge in [-0.15, -0.1) is 0 Å². The van der Waals surface area contributed by atoms with Crippen LogP contribution in [0.1, 0.15) is 67.0 Å². The van der Waals surface area contributed by atoms with Gasteiger partial charge in [0.1, 0.15) is 5.60 Å². The Morgan fingerprint density at radius 3 is 2.27 bits per heavy atom. The van der Waals surface area contributed by atoms with Crippen LogP contribution in [-0.2, 0) is 14.0 Å². The van der Waals surface area contributed by atoms with Crippen molar-refractivity contribution >= 4 is 24.8 Å². The molecule has 2 aliphatic rings. The molecule has 0 bridgehead atoms. The van der Waals surface area contributed by atoms with Crippen LogP contribution in [0.4, 0.5) is 4.79 Å². The first-order valence-electron chi connectivity index (χ1n) is 10.8. The number of nitrogens with zero attached hydrogens (tertiary/aromatic N) is 2. The van der Waals surface area contributed by atoms with E-state index in [4.69, 9.17) is 14.0 Å². The van der Waals surface area contributed by atoms with Crippen LogP contribution in [0.5, 0.6) is 0 Å². The summed E-state index contributed by atoms with van der Waals surface area (Å²) in [4.78, 5) is 18.5. The van der Waals surface area contributed by atoms with Gasteiger partial charge in [0, 0.05) is 24.7 Å². The number of likely N-dealkylation sites (tertiary alicyclic amines) is 1. The van der Waals surface area contributed by atoms with Crippen molar-refractivity contribution in [3.05, 3.63) is 30.1 Å². The first kappa shape index (κ1) is 22.8. The number of allylic oxidation sites excluding steroid dienone is 1. The lowest BCUT2D eigenvalue weighted by atomic mass is 9.80. The van der Waals surface area contributed by atoms with Crippen LogP contribution in [-0.4, -0.2) is 53.0 Å². The summed E-state index contributed by atoms with van der Waals surface area (Å²) in [7, 11) is -0.391. The van der Waals surface area contributed by atoms with Gasteiger partial charge in [0.05, 0.1) is 16.9 Å². The van der Waals surface area contributed by atoms with E-state index in [0.29, 0.717) is 5.92 Å².